The summed E-state index contributed by atoms with van der Waals surface area (Å²) in [5.74, 6) is -0.365. The van der Waals surface area contributed by atoms with Crippen molar-refractivity contribution < 1.29 is 9.53 Å². The van der Waals surface area contributed by atoms with Crippen LogP contribution in [0, 0.1) is 0 Å². The maximum atomic E-state index is 11.1. The monoisotopic (exact) mass is 205 g/mol. The molecule has 66 valence electrons. The molecular weight excluding hydrogens is 198 g/mol. The lowest BCUT2D eigenvalue weighted by molar-refractivity contribution is 0.0607. The third-order valence-electron chi connectivity index (χ3n) is 1.37. The van der Waals surface area contributed by atoms with E-state index in [9.17, 15) is 4.79 Å². The van der Waals surface area contributed by atoms with Crippen LogP contribution in [0.3, 0.4) is 0 Å². The maximum absolute atomic E-state index is 11.1. The normalized spacial score (nSPS) is 9.58. The molecule has 0 spiro atoms. The smallest absolute Gasteiger partial charge is 0.350 e. The Kier molecular flexibility index (Phi) is 2.94. The van der Waals surface area contributed by atoms with Crippen molar-refractivity contribution in [2.45, 2.75) is 0 Å². The van der Waals surface area contributed by atoms with Gasteiger partial charge < -0.3 is 10.1 Å². The van der Waals surface area contributed by atoms with Crippen molar-refractivity contribution in [2.75, 3.05) is 19.5 Å². The van der Waals surface area contributed by atoms with Gasteiger partial charge in [0, 0.05) is 12.4 Å². The van der Waals surface area contributed by atoms with E-state index in [0.29, 0.717) is 15.6 Å². The van der Waals surface area contributed by atoms with Gasteiger partial charge in [-0.1, -0.05) is 11.6 Å². The van der Waals surface area contributed by atoms with Crippen molar-refractivity contribution in [3.05, 3.63) is 15.3 Å². The van der Waals surface area contributed by atoms with Crippen molar-refractivity contribution in [2.24, 2.45) is 0 Å². The van der Waals surface area contributed by atoms with E-state index in [1.165, 1.54) is 18.4 Å². The molecule has 0 saturated carbocycles. The number of nitrogens with one attached hydrogen (secondary N) is 1. The molecule has 1 N–H and O–H groups in total. The SMILES string of the molecule is CNc1c(Cl)csc1C(=O)OC. The molecule has 0 atom stereocenters. The van der Waals surface area contributed by atoms with Gasteiger partial charge in [-0.25, -0.2) is 4.79 Å². The number of rotatable bonds is 2. The van der Waals surface area contributed by atoms with E-state index in [1.54, 1.807) is 12.4 Å². The maximum Gasteiger partial charge on any atom is 0.350 e. The van der Waals surface area contributed by atoms with E-state index in [1.807, 2.05) is 0 Å². The minimum absolute atomic E-state index is 0.365. The molecule has 12 heavy (non-hydrogen) atoms. The minimum Gasteiger partial charge on any atom is -0.465 e. The molecule has 1 aromatic heterocycles. The molecule has 0 aromatic carbocycles. The molecule has 3 nitrogen and oxygen atoms in total. The number of thiophene rings is 1. The summed E-state index contributed by atoms with van der Waals surface area (Å²) < 4.78 is 4.56. The van der Waals surface area contributed by atoms with Crippen LogP contribution < -0.4 is 5.32 Å². The van der Waals surface area contributed by atoms with Crippen molar-refractivity contribution in [3.63, 3.8) is 0 Å². The number of halogens is 1. The molecule has 1 heterocycles. The molecule has 0 amide bonds. The first-order valence-electron chi connectivity index (χ1n) is 3.23. The fourth-order valence-corrected chi connectivity index (χ4v) is 2.04. The third-order valence-corrected chi connectivity index (χ3v) is 2.75. The number of anilines is 1. The van der Waals surface area contributed by atoms with Gasteiger partial charge in [-0.15, -0.1) is 11.3 Å². The summed E-state index contributed by atoms with van der Waals surface area (Å²) in [6.07, 6.45) is 0. The van der Waals surface area contributed by atoms with E-state index in [-0.39, 0.29) is 5.97 Å². The quantitative estimate of drug-likeness (QED) is 0.753. The summed E-state index contributed by atoms with van der Waals surface area (Å²) >= 11 is 7.05. The number of methoxy groups -OCH3 is 1. The first-order chi connectivity index (χ1) is 5.70. The Labute approximate surface area is 79.3 Å². The van der Waals surface area contributed by atoms with Crippen LogP contribution in [-0.2, 0) is 4.74 Å². The summed E-state index contributed by atoms with van der Waals surface area (Å²) in [5.41, 5.74) is 0.633. The van der Waals surface area contributed by atoms with Crippen molar-refractivity contribution >= 4 is 34.6 Å². The van der Waals surface area contributed by atoms with Gasteiger partial charge in [0.2, 0.25) is 0 Å². The number of ether oxygens (including phenoxy) is 1. The molecule has 0 aliphatic heterocycles. The van der Waals surface area contributed by atoms with Gasteiger partial charge in [0.1, 0.15) is 4.88 Å². The van der Waals surface area contributed by atoms with Crippen molar-refractivity contribution in [3.8, 4) is 0 Å². The van der Waals surface area contributed by atoms with E-state index in [0.717, 1.165) is 0 Å². The predicted octanol–water partition coefficient (Wildman–Crippen LogP) is 2.23. The highest BCUT2D eigenvalue weighted by atomic mass is 35.5. The lowest BCUT2D eigenvalue weighted by Crippen LogP contribution is -2.01. The van der Waals surface area contributed by atoms with Crippen LogP contribution in [0.5, 0.6) is 0 Å². The Balaban J connectivity index is 3.07. The van der Waals surface area contributed by atoms with E-state index >= 15 is 0 Å². The predicted molar refractivity (Wildman–Crippen MR) is 50.2 cm³/mol. The Morgan fingerprint density at radius 3 is 2.92 bits per heavy atom. The van der Waals surface area contributed by atoms with E-state index < -0.39 is 0 Å². The second kappa shape index (κ2) is 3.78. The van der Waals surface area contributed by atoms with Crippen LogP contribution in [0.15, 0.2) is 5.38 Å². The highest BCUT2D eigenvalue weighted by molar-refractivity contribution is 7.13. The van der Waals surface area contributed by atoms with Crippen LogP contribution >= 0.6 is 22.9 Å². The molecule has 0 saturated heterocycles. The van der Waals surface area contributed by atoms with Gasteiger partial charge in [-0.2, -0.15) is 0 Å². The molecule has 1 aromatic rings. The van der Waals surface area contributed by atoms with Crippen LogP contribution in [0.25, 0.3) is 0 Å². The van der Waals surface area contributed by atoms with E-state index in [2.05, 4.69) is 10.1 Å². The number of carbonyl (C=O) groups is 1. The average molecular weight is 206 g/mol. The van der Waals surface area contributed by atoms with Crippen LogP contribution in [0.4, 0.5) is 5.69 Å². The highest BCUT2D eigenvalue weighted by Gasteiger charge is 2.15. The van der Waals surface area contributed by atoms with Crippen molar-refractivity contribution in [1.29, 1.82) is 0 Å². The first-order valence-corrected chi connectivity index (χ1v) is 4.49. The number of esters is 1. The van der Waals surface area contributed by atoms with Gasteiger partial charge in [0.05, 0.1) is 17.8 Å². The zero-order valence-corrected chi connectivity index (χ0v) is 8.25. The van der Waals surface area contributed by atoms with Gasteiger partial charge >= 0.3 is 5.97 Å². The Bertz CT molecular complexity index is 298. The van der Waals surface area contributed by atoms with Crippen LogP contribution in [-0.4, -0.2) is 20.1 Å². The molecule has 0 aliphatic carbocycles. The fraction of sp³-hybridized carbons (Fsp3) is 0.286. The first kappa shape index (κ1) is 9.35. The summed E-state index contributed by atoms with van der Waals surface area (Å²) in [4.78, 5) is 11.6. The third kappa shape index (κ3) is 1.54. The number of carbonyl (C=O) groups excluding carboxylic acids is 1. The molecule has 0 radical (unpaired) electrons. The summed E-state index contributed by atoms with van der Waals surface area (Å²) in [6, 6.07) is 0. The Morgan fingerprint density at radius 2 is 2.42 bits per heavy atom. The lowest BCUT2D eigenvalue weighted by atomic mass is 10.4. The van der Waals surface area contributed by atoms with Gasteiger partial charge in [-0.3, -0.25) is 0 Å². The second-order valence-corrected chi connectivity index (χ2v) is 3.32. The Hall–Kier alpha value is -0.740. The number of hydrogen-bond acceptors (Lipinski definition) is 4. The van der Waals surface area contributed by atoms with Gasteiger partial charge in [-0.05, 0) is 0 Å². The van der Waals surface area contributed by atoms with Gasteiger partial charge in [0.15, 0.2) is 0 Å². The fourth-order valence-electron chi connectivity index (χ4n) is 0.813. The average Bonchev–Trinajstić information content (AvgIpc) is 2.45. The largest absolute Gasteiger partial charge is 0.465 e. The lowest BCUT2D eigenvalue weighted by Gasteiger charge is -2.00. The molecule has 0 bridgehead atoms. The standard InChI is InChI=1S/C7H8ClNO2S/c1-9-5-4(8)3-12-6(5)7(10)11-2/h3,9H,1-2H3. The van der Waals surface area contributed by atoms with E-state index in [4.69, 9.17) is 11.6 Å². The Morgan fingerprint density at radius 1 is 1.75 bits per heavy atom. The molecule has 0 aliphatic rings. The zero-order valence-electron chi connectivity index (χ0n) is 6.68. The molecule has 1 rings (SSSR count). The van der Waals surface area contributed by atoms with Crippen LogP contribution in [0.2, 0.25) is 5.02 Å². The minimum atomic E-state index is -0.365. The zero-order chi connectivity index (χ0) is 9.14. The summed E-state index contributed by atoms with van der Waals surface area (Å²) in [6.45, 7) is 0. The summed E-state index contributed by atoms with van der Waals surface area (Å²) in [5, 5.41) is 5.08. The van der Waals surface area contributed by atoms with Crippen LogP contribution in [0.1, 0.15) is 9.67 Å². The number of hydrogen-bond donors (Lipinski definition) is 1. The second-order valence-electron chi connectivity index (χ2n) is 2.03. The molecule has 0 unspecified atom stereocenters. The topological polar surface area (TPSA) is 38.3 Å². The highest BCUT2D eigenvalue weighted by Crippen LogP contribution is 2.32. The molecule has 0 fully saturated rings. The van der Waals surface area contributed by atoms with Gasteiger partial charge in [0.25, 0.3) is 0 Å². The van der Waals surface area contributed by atoms with Crippen molar-refractivity contribution in [1.82, 2.24) is 0 Å². The molecular formula is C7H8ClNO2S. The molecule has 5 heteroatoms. The summed E-state index contributed by atoms with van der Waals surface area (Å²) in [7, 11) is 3.05.